The Labute approximate surface area is 203 Å². The number of halogens is 2. The van der Waals surface area contributed by atoms with Crippen LogP contribution in [0, 0.1) is 15.9 Å². The second-order valence-corrected chi connectivity index (χ2v) is 8.37. The second kappa shape index (κ2) is 11.1. The Morgan fingerprint density at radius 3 is 2.68 bits per heavy atom. The van der Waals surface area contributed by atoms with E-state index in [1.54, 1.807) is 17.6 Å². The van der Waals surface area contributed by atoms with Crippen molar-refractivity contribution in [1.29, 1.82) is 0 Å². The third kappa shape index (κ3) is 5.88. The summed E-state index contributed by atoms with van der Waals surface area (Å²) in [7, 11) is 0. The van der Waals surface area contributed by atoms with Gasteiger partial charge in [-0.3, -0.25) is 19.7 Å². The zero-order valence-corrected chi connectivity index (χ0v) is 19.7. The molecule has 0 radical (unpaired) electrons. The Kier molecular flexibility index (Phi) is 8.18. The number of nitro benzene ring substituents is 1. The average molecular weight is 507 g/mol. The van der Waals surface area contributed by atoms with Crippen molar-refractivity contribution >= 4 is 46.6 Å². The van der Waals surface area contributed by atoms with Gasteiger partial charge < -0.3 is 15.2 Å². The summed E-state index contributed by atoms with van der Waals surface area (Å²) in [6.07, 6.45) is 0. The predicted octanol–water partition coefficient (Wildman–Crippen LogP) is 4.22. The third-order valence-corrected chi connectivity index (χ3v) is 5.98. The van der Waals surface area contributed by atoms with Gasteiger partial charge in [-0.15, -0.1) is 10.2 Å². The topological polar surface area (TPSA) is 132 Å². The molecule has 0 saturated carbocycles. The molecule has 178 valence electrons. The van der Waals surface area contributed by atoms with Crippen molar-refractivity contribution in [2.24, 2.45) is 0 Å². The number of nitrogens with zero attached hydrogens (tertiary/aromatic N) is 4. The number of anilines is 1. The highest BCUT2D eigenvalue weighted by molar-refractivity contribution is 7.99. The van der Waals surface area contributed by atoms with E-state index in [4.69, 9.17) is 11.6 Å². The van der Waals surface area contributed by atoms with Crippen molar-refractivity contribution in [1.82, 2.24) is 20.1 Å². The van der Waals surface area contributed by atoms with Crippen molar-refractivity contribution in [2.45, 2.75) is 31.6 Å². The van der Waals surface area contributed by atoms with E-state index in [9.17, 15) is 24.1 Å². The maximum Gasteiger partial charge on any atom is 0.271 e. The van der Waals surface area contributed by atoms with Gasteiger partial charge in [0.05, 0.1) is 33.0 Å². The van der Waals surface area contributed by atoms with Gasteiger partial charge in [-0.25, -0.2) is 4.39 Å². The summed E-state index contributed by atoms with van der Waals surface area (Å²) in [6.45, 7) is 4.01. The van der Waals surface area contributed by atoms with Gasteiger partial charge in [0.1, 0.15) is 5.82 Å². The van der Waals surface area contributed by atoms with Crippen LogP contribution in [0.5, 0.6) is 0 Å². The first-order valence-corrected chi connectivity index (χ1v) is 11.4. The van der Waals surface area contributed by atoms with Crippen LogP contribution in [-0.4, -0.2) is 37.3 Å². The summed E-state index contributed by atoms with van der Waals surface area (Å²) < 4.78 is 15.6. The molecular weight excluding hydrogens is 487 g/mol. The number of hydrogen-bond acceptors (Lipinski definition) is 7. The Balaban J connectivity index is 1.66. The zero-order valence-electron chi connectivity index (χ0n) is 18.1. The molecule has 0 aliphatic carbocycles. The van der Waals surface area contributed by atoms with Gasteiger partial charge in [0, 0.05) is 18.7 Å². The number of hydrogen-bond donors (Lipinski definition) is 2. The molecule has 1 heterocycles. The van der Waals surface area contributed by atoms with Crippen LogP contribution in [0.1, 0.15) is 36.1 Å². The van der Waals surface area contributed by atoms with Gasteiger partial charge >= 0.3 is 0 Å². The smallest absolute Gasteiger partial charge is 0.271 e. The zero-order chi connectivity index (χ0) is 24.8. The van der Waals surface area contributed by atoms with E-state index < -0.39 is 28.6 Å². The van der Waals surface area contributed by atoms with Crippen molar-refractivity contribution in [2.75, 3.05) is 11.1 Å². The first-order chi connectivity index (χ1) is 16.2. The number of aromatic nitrogens is 3. The summed E-state index contributed by atoms with van der Waals surface area (Å²) in [6, 6.07) is 8.82. The maximum absolute atomic E-state index is 13.9. The quantitative estimate of drug-likeness (QED) is 0.252. The molecule has 13 heteroatoms. The van der Waals surface area contributed by atoms with Gasteiger partial charge in [-0.1, -0.05) is 35.5 Å². The van der Waals surface area contributed by atoms with Crippen LogP contribution in [0.4, 0.5) is 15.8 Å². The lowest BCUT2D eigenvalue weighted by Crippen LogP contribution is -2.29. The molecular formula is C21H20ClFN6O4S. The molecule has 0 aliphatic rings. The van der Waals surface area contributed by atoms with Gasteiger partial charge in [-0.05, 0) is 32.0 Å². The lowest BCUT2D eigenvalue weighted by Gasteiger charge is -2.15. The number of nitro groups is 1. The summed E-state index contributed by atoms with van der Waals surface area (Å²) in [5.41, 5.74) is -0.152. The monoisotopic (exact) mass is 506 g/mol. The minimum absolute atomic E-state index is 0.0624. The molecule has 2 aromatic carbocycles. The number of thioether (sulfide) groups is 1. The lowest BCUT2D eigenvalue weighted by atomic mass is 10.2. The molecule has 2 amide bonds. The minimum Gasteiger partial charge on any atom is -0.342 e. The fourth-order valence-corrected chi connectivity index (χ4v) is 4.02. The Morgan fingerprint density at radius 1 is 1.26 bits per heavy atom. The van der Waals surface area contributed by atoms with Gasteiger partial charge in [0.25, 0.3) is 11.6 Å². The number of rotatable bonds is 9. The largest absolute Gasteiger partial charge is 0.342 e. The molecule has 0 aliphatic heterocycles. The summed E-state index contributed by atoms with van der Waals surface area (Å²) in [5, 5.41) is 25.0. The standard InChI is InChI=1S/C21H20ClFN6O4S/c1-3-28-19(12(2)24-20(31)14-6-4-5-7-16(14)23)26-27-21(28)34-11-18(30)25-17-10-13(29(32)33)8-9-15(17)22/h4-10,12H,3,11H2,1-2H3,(H,24,31)(H,25,30)/t12-/m1/s1. The molecule has 0 unspecified atom stereocenters. The molecule has 3 rings (SSSR count). The van der Waals surface area contributed by atoms with E-state index in [1.165, 1.54) is 36.4 Å². The van der Waals surface area contributed by atoms with Crippen molar-refractivity contribution in [3.8, 4) is 0 Å². The molecule has 0 fully saturated rings. The van der Waals surface area contributed by atoms with Crippen LogP contribution >= 0.6 is 23.4 Å². The Hall–Kier alpha value is -3.51. The highest BCUT2D eigenvalue weighted by atomic mass is 35.5. The highest BCUT2D eigenvalue weighted by Crippen LogP contribution is 2.27. The number of carbonyl (C=O) groups is 2. The van der Waals surface area contributed by atoms with Crippen molar-refractivity contribution < 1.29 is 18.9 Å². The van der Waals surface area contributed by atoms with Gasteiger partial charge in [0.15, 0.2) is 11.0 Å². The molecule has 1 aromatic heterocycles. The first kappa shape index (κ1) is 25.1. The number of nitrogens with one attached hydrogen (secondary N) is 2. The second-order valence-electron chi connectivity index (χ2n) is 7.02. The van der Waals surface area contributed by atoms with Crippen LogP contribution in [0.25, 0.3) is 0 Å². The van der Waals surface area contributed by atoms with Crippen LogP contribution in [-0.2, 0) is 11.3 Å². The van der Waals surface area contributed by atoms with Crippen molar-refractivity contribution in [3.63, 3.8) is 0 Å². The predicted molar refractivity (Wildman–Crippen MR) is 125 cm³/mol. The Bertz CT molecular complexity index is 1240. The Morgan fingerprint density at radius 2 is 2.00 bits per heavy atom. The normalized spacial score (nSPS) is 11.6. The van der Waals surface area contributed by atoms with Crippen LogP contribution in [0.15, 0.2) is 47.6 Å². The lowest BCUT2D eigenvalue weighted by molar-refractivity contribution is -0.384. The number of carbonyl (C=O) groups excluding carboxylic acids is 2. The van der Waals surface area contributed by atoms with Gasteiger partial charge in [0.2, 0.25) is 5.91 Å². The average Bonchev–Trinajstić information content (AvgIpc) is 3.22. The van der Waals surface area contributed by atoms with E-state index in [0.717, 1.165) is 11.8 Å². The van der Waals surface area contributed by atoms with Crippen molar-refractivity contribution in [3.05, 3.63) is 74.8 Å². The van der Waals surface area contributed by atoms with E-state index in [-0.39, 0.29) is 27.7 Å². The summed E-state index contributed by atoms with van der Waals surface area (Å²) in [5.74, 6) is -1.28. The van der Waals surface area contributed by atoms with Gasteiger partial charge in [-0.2, -0.15) is 0 Å². The van der Waals surface area contributed by atoms with E-state index in [0.29, 0.717) is 17.5 Å². The fourth-order valence-electron chi connectivity index (χ4n) is 3.05. The summed E-state index contributed by atoms with van der Waals surface area (Å²) >= 11 is 7.11. The fraction of sp³-hybridized carbons (Fsp3) is 0.238. The molecule has 10 nitrogen and oxygen atoms in total. The maximum atomic E-state index is 13.9. The molecule has 0 spiro atoms. The number of amides is 2. The number of benzene rings is 2. The van der Waals surface area contributed by atoms with E-state index in [1.807, 2.05) is 6.92 Å². The SMILES string of the molecule is CCn1c(SCC(=O)Nc2cc([N+](=O)[O-])ccc2Cl)nnc1[C@@H](C)NC(=O)c1ccccc1F. The molecule has 0 saturated heterocycles. The van der Waals surface area contributed by atoms with E-state index >= 15 is 0 Å². The number of non-ortho nitro benzene ring substituents is 1. The first-order valence-electron chi connectivity index (χ1n) is 10.1. The highest BCUT2D eigenvalue weighted by Gasteiger charge is 2.21. The molecule has 34 heavy (non-hydrogen) atoms. The van der Waals surface area contributed by atoms with E-state index in [2.05, 4.69) is 20.8 Å². The van der Waals surface area contributed by atoms with Crippen LogP contribution in [0.2, 0.25) is 5.02 Å². The molecule has 2 N–H and O–H groups in total. The van der Waals surface area contributed by atoms with Crippen LogP contribution < -0.4 is 10.6 Å². The minimum atomic E-state index is -0.629. The van der Waals surface area contributed by atoms with Crippen LogP contribution in [0.3, 0.4) is 0 Å². The molecule has 3 aromatic rings. The summed E-state index contributed by atoms with van der Waals surface area (Å²) in [4.78, 5) is 35.2. The molecule has 0 bridgehead atoms. The third-order valence-electron chi connectivity index (χ3n) is 4.68. The molecule has 1 atom stereocenters.